The molecule has 0 aliphatic carbocycles. The summed E-state index contributed by atoms with van der Waals surface area (Å²) in [6, 6.07) is 3.92. The van der Waals surface area contributed by atoms with Crippen LogP contribution in [-0.4, -0.2) is 47.6 Å². The van der Waals surface area contributed by atoms with Gasteiger partial charge in [-0.25, -0.2) is 8.78 Å². The molecule has 1 saturated heterocycles. The highest BCUT2D eigenvalue weighted by Crippen LogP contribution is 2.35. The fourth-order valence-electron chi connectivity index (χ4n) is 6.35. The molecule has 2 aromatic carbocycles. The van der Waals surface area contributed by atoms with Gasteiger partial charge in [0, 0.05) is 29.9 Å². The molecule has 1 amide bonds. The van der Waals surface area contributed by atoms with Crippen LogP contribution in [0.5, 0.6) is 0 Å². The maximum Gasteiger partial charge on any atom is 0.416 e. The van der Waals surface area contributed by atoms with Gasteiger partial charge in [-0.2, -0.15) is 13.2 Å². The fraction of sp³-hybridized carbons (Fsp3) is 0.486. The van der Waals surface area contributed by atoms with E-state index in [0.717, 1.165) is 30.3 Å². The van der Waals surface area contributed by atoms with E-state index in [1.165, 1.54) is 25.1 Å². The molecule has 266 valence electrons. The van der Waals surface area contributed by atoms with Crippen LogP contribution in [0.15, 0.2) is 41.3 Å². The van der Waals surface area contributed by atoms with E-state index in [2.05, 4.69) is 5.32 Å². The summed E-state index contributed by atoms with van der Waals surface area (Å²) < 4.78 is 79.4. The summed E-state index contributed by atoms with van der Waals surface area (Å²) in [7, 11) is 0. The second-order valence-electron chi connectivity index (χ2n) is 13.3. The van der Waals surface area contributed by atoms with Crippen LogP contribution in [0.4, 0.5) is 22.0 Å². The van der Waals surface area contributed by atoms with Gasteiger partial charge in [0.15, 0.2) is 0 Å². The molecule has 12 heteroatoms. The van der Waals surface area contributed by atoms with Crippen molar-refractivity contribution < 1.29 is 36.3 Å². The number of carbonyl (C=O) groups is 2. The molecule has 1 aromatic heterocycles. The van der Waals surface area contributed by atoms with Crippen molar-refractivity contribution in [1.82, 2.24) is 14.8 Å². The third-order valence-electron chi connectivity index (χ3n) is 8.82. The number of likely N-dealkylation sites (tertiary alicyclic amines) is 1. The third-order valence-corrected chi connectivity index (χ3v) is 8.82. The quantitative estimate of drug-likeness (QED) is 0.150. The summed E-state index contributed by atoms with van der Waals surface area (Å²) in [6.45, 7) is 12.1. The molecule has 3 aromatic rings. The molecule has 2 heterocycles. The molecular weight excluding hydrogens is 645 g/mol. The Labute approximate surface area is 283 Å². The number of halogens is 5. The molecular formula is C37H44F5N3O4. The van der Waals surface area contributed by atoms with E-state index in [1.54, 1.807) is 40.7 Å². The number of pyridine rings is 1. The molecule has 0 radical (unpaired) electrons. The number of aryl methyl sites for hydroxylation is 3. The van der Waals surface area contributed by atoms with E-state index in [0.29, 0.717) is 29.3 Å². The first kappa shape index (κ1) is 37.8. The number of carbonyl (C=O) groups excluding carboxylic acids is 2. The highest BCUT2D eigenvalue weighted by atomic mass is 19.4. The predicted molar refractivity (Wildman–Crippen MR) is 177 cm³/mol. The summed E-state index contributed by atoms with van der Waals surface area (Å²) in [6.07, 6.45) is -3.14. The number of esters is 1. The van der Waals surface area contributed by atoms with E-state index in [1.807, 2.05) is 4.90 Å². The van der Waals surface area contributed by atoms with Crippen molar-refractivity contribution >= 4 is 11.9 Å². The molecule has 7 nitrogen and oxygen atoms in total. The van der Waals surface area contributed by atoms with Crippen LogP contribution in [0, 0.1) is 38.3 Å². The molecule has 49 heavy (non-hydrogen) atoms. The zero-order valence-electron chi connectivity index (χ0n) is 28.8. The number of ether oxygens (including phenoxy) is 1. The maximum atomic E-state index is 15.9. The Hall–Kier alpha value is -4.06. The Morgan fingerprint density at radius 3 is 2.27 bits per heavy atom. The average Bonchev–Trinajstić information content (AvgIpc) is 2.96. The normalized spacial score (nSPS) is 14.8. The second kappa shape index (κ2) is 15.7. The Kier molecular flexibility index (Phi) is 12.1. The lowest BCUT2D eigenvalue weighted by Gasteiger charge is -2.31. The average molecular weight is 690 g/mol. The van der Waals surface area contributed by atoms with Crippen LogP contribution >= 0.6 is 0 Å². The van der Waals surface area contributed by atoms with E-state index >= 15 is 8.78 Å². The third kappa shape index (κ3) is 9.14. The Morgan fingerprint density at radius 2 is 1.69 bits per heavy atom. The number of benzene rings is 2. The predicted octanol–water partition coefficient (Wildman–Crippen LogP) is 7.38. The molecule has 2 atom stereocenters. The lowest BCUT2D eigenvalue weighted by Crippen LogP contribution is -2.41. The van der Waals surface area contributed by atoms with Crippen molar-refractivity contribution in [2.24, 2.45) is 5.92 Å². The zero-order valence-corrected chi connectivity index (χ0v) is 28.8. The highest BCUT2D eigenvalue weighted by Gasteiger charge is 2.36. The van der Waals surface area contributed by atoms with Crippen molar-refractivity contribution in [3.05, 3.63) is 91.9 Å². The summed E-state index contributed by atoms with van der Waals surface area (Å²) in [5.41, 5.74) is -0.287. The first-order valence-electron chi connectivity index (χ1n) is 16.6. The smallest absolute Gasteiger partial charge is 0.416 e. The first-order chi connectivity index (χ1) is 23.0. The molecule has 1 aliphatic heterocycles. The molecule has 1 aliphatic rings. The van der Waals surface area contributed by atoms with E-state index < -0.39 is 59.3 Å². The standard InChI is InChI=1S/C37H44F5N3O4/c1-7-49-33(47)19-30(27-17-26(16-24(6)35(27)39)34-23(5)14-22(4)15-29(34)38)43-36(48)31(13-21(2)3)45-20-25(9-12-44-10-8-11-44)28(18-32(45)46)37(40,41)42/h14-18,20-21,30-31H,7-13,19H2,1-6H3,(H,43,48)/t30-,31?/m0/s1. The minimum atomic E-state index is -4.78. The van der Waals surface area contributed by atoms with Gasteiger partial charge in [0.25, 0.3) is 5.56 Å². The first-order valence-corrected chi connectivity index (χ1v) is 16.6. The number of hydrogen-bond acceptors (Lipinski definition) is 5. The van der Waals surface area contributed by atoms with Crippen molar-refractivity contribution in [1.29, 1.82) is 0 Å². The van der Waals surface area contributed by atoms with Crippen molar-refractivity contribution in [2.75, 3.05) is 26.2 Å². The minimum Gasteiger partial charge on any atom is -0.466 e. The second-order valence-corrected chi connectivity index (χ2v) is 13.3. The van der Waals surface area contributed by atoms with Gasteiger partial charge < -0.3 is 19.5 Å². The topological polar surface area (TPSA) is 80.6 Å². The molecule has 4 rings (SSSR count). The summed E-state index contributed by atoms with van der Waals surface area (Å²) in [4.78, 5) is 42.2. The molecule has 0 spiro atoms. The Balaban J connectivity index is 1.80. The van der Waals surface area contributed by atoms with Gasteiger partial charge in [-0.05, 0) is 112 Å². The minimum absolute atomic E-state index is 0.0168. The lowest BCUT2D eigenvalue weighted by atomic mass is 9.91. The van der Waals surface area contributed by atoms with Crippen LogP contribution in [0.3, 0.4) is 0 Å². The molecule has 1 fully saturated rings. The zero-order chi connectivity index (χ0) is 36.2. The number of amides is 1. The summed E-state index contributed by atoms with van der Waals surface area (Å²) >= 11 is 0. The van der Waals surface area contributed by atoms with Crippen molar-refractivity contribution in [3.8, 4) is 11.1 Å². The van der Waals surface area contributed by atoms with Gasteiger partial charge in [-0.15, -0.1) is 0 Å². The van der Waals surface area contributed by atoms with Crippen LogP contribution in [0.1, 0.15) is 85.5 Å². The fourth-order valence-corrected chi connectivity index (χ4v) is 6.35. The molecule has 0 bridgehead atoms. The largest absolute Gasteiger partial charge is 0.466 e. The lowest BCUT2D eigenvalue weighted by molar-refractivity contribution is -0.144. The van der Waals surface area contributed by atoms with Crippen LogP contribution in [-0.2, 0) is 26.9 Å². The van der Waals surface area contributed by atoms with Gasteiger partial charge in [-0.1, -0.05) is 19.9 Å². The van der Waals surface area contributed by atoms with Gasteiger partial charge in [-0.3, -0.25) is 14.4 Å². The maximum absolute atomic E-state index is 15.9. The van der Waals surface area contributed by atoms with Crippen molar-refractivity contribution in [3.63, 3.8) is 0 Å². The SMILES string of the molecule is CCOC(=O)C[C@H](NC(=O)C(CC(C)C)n1cc(CCN2CCC2)c(C(F)(F)F)cc1=O)c1cc(-c2c(C)cc(C)cc2F)cc(C)c1F. The Morgan fingerprint density at radius 1 is 1.00 bits per heavy atom. The molecule has 0 saturated carbocycles. The van der Waals surface area contributed by atoms with Gasteiger partial charge >= 0.3 is 12.1 Å². The number of aromatic nitrogens is 1. The van der Waals surface area contributed by atoms with Crippen LogP contribution in [0.25, 0.3) is 11.1 Å². The van der Waals surface area contributed by atoms with Gasteiger partial charge in [0.2, 0.25) is 5.91 Å². The highest BCUT2D eigenvalue weighted by molar-refractivity contribution is 5.82. The summed E-state index contributed by atoms with van der Waals surface area (Å²) in [5.74, 6) is -2.98. The van der Waals surface area contributed by atoms with Gasteiger partial charge in [0.1, 0.15) is 17.7 Å². The number of nitrogens with zero attached hydrogens (tertiary/aromatic N) is 2. The number of rotatable bonds is 13. The van der Waals surface area contributed by atoms with Crippen LogP contribution < -0.4 is 10.9 Å². The van der Waals surface area contributed by atoms with E-state index in [9.17, 15) is 27.6 Å². The van der Waals surface area contributed by atoms with Crippen LogP contribution in [0.2, 0.25) is 0 Å². The summed E-state index contributed by atoms with van der Waals surface area (Å²) in [5, 5.41) is 2.71. The number of nitrogens with one attached hydrogen (secondary N) is 1. The van der Waals surface area contributed by atoms with Gasteiger partial charge in [0.05, 0.1) is 24.6 Å². The van der Waals surface area contributed by atoms with Crippen molar-refractivity contribution in [2.45, 2.75) is 85.5 Å². The molecule has 1 N–H and O–H groups in total. The number of hydrogen-bond donors (Lipinski definition) is 1. The molecule has 1 unspecified atom stereocenters. The monoisotopic (exact) mass is 689 g/mol. The Bertz CT molecular complexity index is 1720. The van der Waals surface area contributed by atoms with E-state index in [-0.39, 0.29) is 47.6 Å². The number of alkyl halides is 3. The van der Waals surface area contributed by atoms with E-state index in [4.69, 9.17) is 4.74 Å².